The van der Waals surface area contributed by atoms with E-state index in [9.17, 15) is 5.11 Å². The first-order valence-electron chi connectivity index (χ1n) is 7.24. The molecule has 1 unspecified atom stereocenters. The predicted molar refractivity (Wildman–Crippen MR) is 85.6 cm³/mol. The van der Waals surface area contributed by atoms with Gasteiger partial charge in [0.1, 0.15) is 0 Å². The highest BCUT2D eigenvalue weighted by Crippen LogP contribution is 2.18. The number of aliphatic hydroxyl groups is 1. The van der Waals surface area contributed by atoms with Gasteiger partial charge < -0.3 is 10.8 Å². The van der Waals surface area contributed by atoms with E-state index >= 15 is 0 Å². The van der Waals surface area contributed by atoms with E-state index in [4.69, 9.17) is 5.73 Å². The second-order valence-electron chi connectivity index (χ2n) is 5.35. The monoisotopic (exact) mass is 282 g/mol. The summed E-state index contributed by atoms with van der Waals surface area (Å²) in [6.07, 6.45) is 6.37. The Morgan fingerprint density at radius 3 is 2.52 bits per heavy atom. The maximum absolute atomic E-state index is 10.1. The van der Waals surface area contributed by atoms with E-state index in [0.717, 1.165) is 31.2 Å². The van der Waals surface area contributed by atoms with E-state index < -0.39 is 6.10 Å². The van der Waals surface area contributed by atoms with Crippen LogP contribution in [-0.2, 0) is 12.8 Å². The Morgan fingerprint density at radius 2 is 1.90 bits per heavy atom. The lowest BCUT2D eigenvalue weighted by atomic mass is 10.0. The van der Waals surface area contributed by atoms with Crippen molar-refractivity contribution >= 4 is 0 Å². The lowest BCUT2D eigenvalue weighted by Crippen LogP contribution is -2.00. The Morgan fingerprint density at radius 1 is 1.19 bits per heavy atom. The van der Waals surface area contributed by atoms with Crippen LogP contribution < -0.4 is 5.73 Å². The third-order valence-corrected chi connectivity index (χ3v) is 3.47. The Balaban J connectivity index is 1.79. The van der Waals surface area contributed by atoms with Gasteiger partial charge in [0.15, 0.2) is 0 Å². The largest absolute Gasteiger partial charge is 0.402 e. The average Bonchev–Trinajstić information content (AvgIpc) is 2.49. The van der Waals surface area contributed by atoms with Crippen molar-refractivity contribution in [2.45, 2.75) is 31.8 Å². The quantitative estimate of drug-likeness (QED) is 0.820. The molecule has 3 N–H and O–H groups in total. The van der Waals surface area contributed by atoms with Gasteiger partial charge in [0.05, 0.1) is 6.10 Å². The number of aromatic nitrogens is 1. The Labute approximate surface area is 126 Å². The summed E-state index contributed by atoms with van der Waals surface area (Å²) in [6, 6.07) is 12.2. The highest BCUT2D eigenvalue weighted by Gasteiger charge is 2.07. The van der Waals surface area contributed by atoms with Gasteiger partial charge in [0, 0.05) is 24.5 Å². The van der Waals surface area contributed by atoms with Crippen molar-refractivity contribution in [1.29, 1.82) is 0 Å². The minimum Gasteiger partial charge on any atom is -0.402 e. The van der Waals surface area contributed by atoms with Crippen LogP contribution in [0.15, 0.2) is 61.1 Å². The van der Waals surface area contributed by atoms with Gasteiger partial charge in [-0.3, -0.25) is 4.98 Å². The lowest BCUT2D eigenvalue weighted by molar-refractivity contribution is 0.164. The number of aliphatic hydroxyl groups excluding tert-OH is 1. The molecular formula is C18H22N2O. The molecule has 1 aromatic carbocycles. The average molecular weight is 282 g/mol. The first kappa shape index (κ1) is 15.3. The Hall–Kier alpha value is -2.13. The second-order valence-corrected chi connectivity index (χ2v) is 5.35. The summed E-state index contributed by atoms with van der Waals surface area (Å²) in [7, 11) is 0. The zero-order valence-electron chi connectivity index (χ0n) is 12.2. The fourth-order valence-electron chi connectivity index (χ4n) is 2.33. The van der Waals surface area contributed by atoms with E-state index in [-0.39, 0.29) is 0 Å². The third-order valence-electron chi connectivity index (χ3n) is 3.47. The summed E-state index contributed by atoms with van der Waals surface area (Å²) in [5.41, 5.74) is 9.63. The van der Waals surface area contributed by atoms with Crippen LogP contribution in [0.1, 0.15) is 35.6 Å². The third kappa shape index (κ3) is 5.04. The van der Waals surface area contributed by atoms with Crippen LogP contribution >= 0.6 is 0 Å². The van der Waals surface area contributed by atoms with E-state index in [2.05, 4.69) is 35.8 Å². The summed E-state index contributed by atoms with van der Waals surface area (Å²) in [4.78, 5) is 4.03. The first-order valence-corrected chi connectivity index (χ1v) is 7.24. The predicted octanol–water partition coefficient (Wildman–Crippen LogP) is 3.15. The number of allylic oxidation sites excluding steroid dienone is 1. The number of nitrogens with zero attached hydrogens (tertiary/aromatic N) is 1. The minimum absolute atomic E-state index is 0.432. The Kier molecular flexibility index (Phi) is 5.52. The van der Waals surface area contributed by atoms with E-state index in [0.29, 0.717) is 5.70 Å². The van der Waals surface area contributed by atoms with Crippen molar-refractivity contribution in [3.63, 3.8) is 0 Å². The van der Waals surface area contributed by atoms with Crippen molar-refractivity contribution in [1.82, 2.24) is 4.98 Å². The van der Waals surface area contributed by atoms with Crippen molar-refractivity contribution < 1.29 is 5.11 Å². The van der Waals surface area contributed by atoms with Crippen LogP contribution in [0.2, 0.25) is 0 Å². The molecule has 3 nitrogen and oxygen atoms in total. The van der Waals surface area contributed by atoms with E-state index in [1.165, 1.54) is 11.1 Å². The molecule has 21 heavy (non-hydrogen) atoms. The molecule has 0 saturated heterocycles. The zero-order valence-corrected chi connectivity index (χ0v) is 12.2. The van der Waals surface area contributed by atoms with Gasteiger partial charge >= 0.3 is 0 Å². The molecule has 110 valence electrons. The van der Waals surface area contributed by atoms with Crippen LogP contribution in [0, 0.1) is 0 Å². The number of aryl methyl sites for hydroxylation is 1. The molecule has 0 aliphatic carbocycles. The normalized spacial score (nSPS) is 12.0. The molecule has 0 amide bonds. The van der Waals surface area contributed by atoms with Crippen LogP contribution in [0.4, 0.5) is 0 Å². The molecule has 3 heteroatoms. The standard InChI is InChI=1S/C18H22N2O/c1-14(19)12-16-9-7-15(8-10-16)4-2-6-18(21)17-5-3-11-20-13-17/h3,5,7-11,13,18,21H,1-2,4,6,12,19H2. The summed E-state index contributed by atoms with van der Waals surface area (Å²) >= 11 is 0. The second kappa shape index (κ2) is 7.60. The van der Waals surface area contributed by atoms with Gasteiger partial charge in [-0.1, -0.05) is 36.9 Å². The van der Waals surface area contributed by atoms with Gasteiger partial charge in [0.2, 0.25) is 0 Å². The van der Waals surface area contributed by atoms with E-state index in [1.807, 2.05) is 12.1 Å². The van der Waals surface area contributed by atoms with Gasteiger partial charge in [0.25, 0.3) is 0 Å². The van der Waals surface area contributed by atoms with Gasteiger partial charge in [-0.25, -0.2) is 0 Å². The molecule has 0 bridgehead atoms. The molecule has 1 aromatic heterocycles. The van der Waals surface area contributed by atoms with Crippen LogP contribution in [0.25, 0.3) is 0 Å². The molecule has 1 atom stereocenters. The maximum Gasteiger partial charge on any atom is 0.0805 e. The highest BCUT2D eigenvalue weighted by molar-refractivity contribution is 5.25. The molecular weight excluding hydrogens is 260 g/mol. The van der Waals surface area contributed by atoms with Crippen LogP contribution in [0.5, 0.6) is 0 Å². The summed E-state index contributed by atoms with van der Waals surface area (Å²) in [6.45, 7) is 3.72. The molecule has 0 aliphatic rings. The minimum atomic E-state index is -0.432. The smallest absolute Gasteiger partial charge is 0.0805 e. The number of hydrogen-bond acceptors (Lipinski definition) is 3. The highest BCUT2D eigenvalue weighted by atomic mass is 16.3. The zero-order chi connectivity index (χ0) is 15.1. The van der Waals surface area contributed by atoms with Crippen LogP contribution in [0.3, 0.4) is 0 Å². The van der Waals surface area contributed by atoms with Crippen LogP contribution in [-0.4, -0.2) is 10.1 Å². The molecule has 0 radical (unpaired) electrons. The number of pyridine rings is 1. The summed E-state index contributed by atoms with van der Waals surface area (Å²) < 4.78 is 0. The topological polar surface area (TPSA) is 59.1 Å². The molecule has 2 aromatic rings. The molecule has 0 aliphatic heterocycles. The molecule has 0 saturated carbocycles. The van der Waals surface area contributed by atoms with Crippen molar-refractivity contribution in [2.24, 2.45) is 5.73 Å². The van der Waals surface area contributed by atoms with Gasteiger partial charge in [-0.2, -0.15) is 0 Å². The fraction of sp³-hybridized carbons (Fsp3) is 0.278. The number of nitrogens with two attached hydrogens (primary N) is 1. The van der Waals surface area contributed by atoms with Crippen molar-refractivity contribution in [3.05, 3.63) is 77.8 Å². The lowest BCUT2D eigenvalue weighted by Gasteiger charge is -2.10. The molecule has 2 rings (SSSR count). The first-order chi connectivity index (χ1) is 10.1. The number of rotatable bonds is 7. The molecule has 0 spiro atoms. The Bertz CT molecular complexity index is 564. The van der Waals surface area contributed by atoms with E-state index in [1.54, 1.807) is 12.4 Å². The SMILES string of the molecule is C=C(N)Cc1ccc(CCCC(O)c2cccnc2)cc1. The van der Waals surface area contributed by atoms with Crippen molar-refractivity contribution in [2.75, 3.05) is 0 Å². The fourth-order valence-corrected chi connectivity index (χ4v) is 2.33. The summed E-state index contributed by atoms with van der Waals surface area (Å²) in [5, 5.41) is 10.1. The van der Waals surface area contributed by atoms with Gasteiger partial charge in [-0.05, 0) is 42.0 Å². The maximum atomic E-state index is 10.1. The van der Waals surface area contributed by atoms with Crippen molar-refractivity contribution in [3.8, 4) is 0 Å². The van der Waals surface area contributed by atoms with Gasteiger partial charge in [-0.15, -0.1) is 0 Å². The molecule has 1 heterocycles. The number of hydrogen-bond donors (Lipinski definition) is 2. The molecule has 0 fully saturated rings. The number of benzene rings is 1. The summed E-state index contributed by atoms with van der Waals surface area (Å²) in [5.74, 6) is 0.